The van der Waals surface area contributed by atoms with Crippen LogP contribution in [-0.2, 0) is 9.59 Å². The first kappa shape index (κ1) is 15.4. The molecule has 20 heavy (non-hydrogen) atoms. The Morgan fingerprint density at radius 3 is 2.75 bits per heavy atom. The molecule has 0 atom stereocenters. The number of aliphatic hydroxyl groups is 1. The molecule has 1 aromatic rings. The van der Waals surface area contributed by atoms with Gasteiger partial charge in [-0.2, -0.15) is 5.26 Å². The molecule has 0 aliphatic heterocycles. The van der Waals surface area contributed by atoms with Gasteiger partial charge in [0.1, 0.15) is 11.5 Å². The van der Waals surface area contributed by atoms with Crippen LogP contribution >= 0.6 is 0 Å². The minimum absolute atomic E-state index is 0.318. The summed E-state index contributed by atoms with van der Waals surface area (Å²) in [6, 6.07) is 8.64. The molecule has 0 unspecified atom stereocenters. The van der Waals surface area contributed by atoms with Gasteiger partial charge in [-0.25, -0.2) is 0 Å². The summed E-state index contributed by atoms with van der Waals surface area (Å²) < 4.78 is 5.45. The fourth-order valence-corrected chi connectivity index (χ4v) is 1.44. The molecular formula is C15H15NO4. The lowest BCUT2D eigenvalue weighted by molar-refractivity contribution is -0.132. The number of hydrogen-bond acceptors (Lipinski definition) is 5. The van der Waals surface area contributed by atoms with Crippen molar-refractivity contribution in [2.75, 3.05) is 6.61 Å². The van der Waals surface area contributed by atoms with Crippen molar-refractivity contribution in [1.29, 1.82) is 5.26 Å². The SMILES string of the molecule is CC(=O)C(=O)C=C(O)c1ccccc1OCCCC#N. The molecular weight excluding hydrogens is 258 g/mol. The number of benzene rings is 1. The largest absolute Gasteiger partial charge is 0.507 e. The molecule has 0 amide bonds. The lowest BCUT2D eigenvalue weighted by Gasteiger charge is -2.10. The molecule has 1 rings (SSSR count). The van der Waals surface area contributed by atoms with Gasteiger partial charge >= 0.3 is 0 Å². The Morgan fingerprint density at radius 2 is 2.10 bits per heavy atom. The van der Waals surface area contributed by atoms with E-state index in [4.69, 9.17) is 10.00 Å². The number of ether oxygens (including phenoxy) is 1. The predicted octanol–water partition coefficient (Wildman–Crippen LogP) is 2.43. The monoisotopic (exact) mass is 273 g/mol. The number of para-hydroxylation sites is 1. The van der Waals surface area contributed by atoms with Gasteiger partial charge < -0.3 is 9.84 Å². The maximum Gasteiger partial charge on any atom is 0.224 e. The Bertz CT molecular complexity index is 569. The van der Waals surface area contributed by atoms with Crippen LogP contribution in [0.5, 0.6) is 5.75 Å². The first-order valence-electron chi connectivity index (χ1n) is 6.11. The van der Waals surface area contributed by atoms with Gasteiger partial charge in [0.05, 0.1) is 18.2 Å². The number of nitriles is 1. The minimum Gasteiger partial charge on any atom is -0.507 e. The van der Waals surface area contributed by atoms with Gasteiger partial charge in [0, 0.05) is 19.4 Å². The summed E-state index contributed by atoms with van der Waals surface area (Å²) in [6.45, 7) is 1.47. The molecule has 104 valence electrons. The first-order chi connectivity index (χ1) is 9.56. The number of unbranched alkanes of at least 4 members (excludes halogenated alkanes) is 1. The fourth-order valence-electron chi connectivity index (χ4n) is 1.44. The Balaban J connectivity index is 2.87. The van der Waals surface area contributed by atoms with Gasteiger partial charge in [-0.05, 0) is 18.6 Å². The molecule has 0 aliphatic rings. The molecule has 5 heteroatoms. The highest BCUT2D eigenvalue weighted by Crippen LogP contribution is 2.24. The van der Waals surface area contributed by atoms with Crippen molar-refractivity contribution in [2.24, 2.45) is 0 Å². The molecule has 1 N–H and O–H groups in total. The Labute approximate surface area is 117 Å². The van der Waals surface area contributed by atoms with Crippen molar-refractivity contribution >= 4 is 17.3 Å². The van der Waals surface area contributed by atoms with Crippen LogP contribution in [0.2, 0.25) is 0 Å². The third kappa shape index (κ3) is 4.58. The molecule has 0 aromatic heterocycles. The van der Waals surface area contributed by atoms with Crippen LogP contribution in [0, 0.1) is 11.3 Å². The highest BCUT2D eigenvalue weighted by atomic mass is 16.5. The van der Waals surface area contributed by atoms with E-state index in [-0.39, 0.29) is 5.76 Å². The number of carbonyl (C=O) groups is 2. The van der Waals surface area contributed by atoms with Gasteiger partial charge in [-0.3, -0.25) is 9.59 Å². The van der Waals surface area contributed by atoms with E-state index in [0.29, 0.717) is 30.8 Å². The van der Waals surface area contributed by atoms with Crippen LogP contribution in [0.3, 0.4) is 0 Å². The second-order valence-electron chi connectivity index (χ2n) is 4.06. The first-order valence-corrected chi connectivity index (χ1v) is 6.11. The van der Waals surface area contributed by atoms with Crippen molar-refractivity contribution in [1.82, 2.24) is 0 Å². The lowest BCUT2D eigenvalue weighted by atomic mass is 10.1. The van der Waals surface area contributed by atoms with Crippen molar-refractivity contribution in [3.05, 3.63) is 35.9 Å². The molecule has 0 spiro atoms. The third-order valence-electron chi connectivity index (χ3n) is 2.47. The van der Waals surface area contributed by atoms with E-state index >= 15 is 0 Å². The number of ketones is 2. The summed E-state index contributed by atoms with van der Waals surface area (Å²) in [5.41, 5.74) is 0.332. The van der Waals surface area contributed by atoms with Gasteiger partial charge in [0.25, 0.3) is 0 Å². The molecule has 0 saturated carbocycles. The molecule has 0 heterocycles. The lowest BCUT2D eigenvalue weighted by Crippen LogP contribution is -2.07. The summed E-state index contributed by atoms with van der Waals surface area (Å²) in [4.78, 5) is 22.1. The van der Waals surface area contributed by atoms with Crippen LogP contribution in [0.4, 0.5) is 0 Å². The van der Waals surface area contributed by atoms with E-state index in [0.717, 1.165) is 13.0 Å². The molecule has 0 saturated heterocycles. The normalized spacial score (nSPS) is 10.7. The number of nitrogens with zero attached hydrogens (tertiary/aromatic N) is 1. The zero-order valence-electron chi connectivity index (χ0n) is 11.1. The van der Waals surface area contributed by atoms with E-state index in [1.54, 1.807) is 24.3 Å². The second kappa shape index (κ2) is 7.74. The van der Waals surface area contributed by atoms with Crippen molar-refractivity contribution < 1.29 is 19.4 Å². The molecule has 1 aromatic carbocycles. The topological polar surface area (TPSA) is 87.4 Å². The Hall–Kier alpha value is -2.61. The zero-order valence-corrected chi connectivity index (χ0v) is 11.1. The van der Waals surface area contributed by atoms with Crippen molar-refractivity contribution in [3.8, 4) is 11.8 Å². The van der Waals surface area contributed by atoms with Crippen molar-refractivity contribution in [3.63, 3.8) is 0 Å². The third-order valence-corrected chi connectivity index (χ3v) is 2.47. The van der Waals surface area contributed by atoms with Crippen LogP contribution in [-0.4, -0.2) is 23.3 Å². The van der Waals surface area contributed by atoms with Gasteiger partial charge in [0.15, 0.2) is 5.78 Å². The molecule has 0 radical (unpaired) electrons. The number of carbonyl (C=O) groups excluding carboxylic acids is 2. The summed E-state index contributed by atoms with van der Waals surface area (Å²) in [5, 5.41) is 18.3. The van der Waals surface area contributed by atoms with Crippen LogP contribution in [0.25, 0.3) is 5.76 Å². The number of Topliss-reactive ketones (excluding diaryl/α,β-unsaturated/α-hetero) is 1. The molecule has 5 nitrogen and oxygen atoms in total. The maximum absolute atomic E-state index is 11.3. The number of rotatable bonds is 7. The average molecular weight is 273 g/mol. The quantitative estimate of drug-likeness (QED) is 0.357. The minimum atomic E-state index is -0.776. The van der Waals surface area contributed by atoms with E-state index in [2.05, 4.69) is 0 Å². The zero-order chi connectivity index (χ0) is 15.0. The smallest absolute Gasteiger partial charge is 0.224 e. The Kier molecular flexibility index (Phi) is 5.98. The van der Waals surface area contributed by atoms with Crippen LogP contribution in [0.15, 0.2) is 30.3 Å². The van der Waals surface area contributed by atoms with Crippen molar-refractivity contribution in [2.45, 2.75) is 19.8 Å². The van der Waals surface area contributed by atoms with Crippen LogP contribution < -0.4 is 4.74 Å². The number of aliphatic hydroxyl groups excluding tert-OH is 1. The van der Waals surface area contributed by atoms with Gasteiger partial charge in [-0.1, -0.05) is 12.1 Å². The number of hydrogen-bond donors (Lipinski definition) is 1. The average Bonchev–Trinajstić information content (AvgIpc) is 2.43. The standard InChI is InChI=1S/C15H15NO4/c1-11(17)13(18)10-14(19)12-6-2-3-7-15(12)20-9-5-4-8-16/h2-3,6-7,10,19H,4-5,9H2,1H3. The van der Waals surface area contributed by atoms with E-state index in [1.807, 2.05) is 6.07 Å². The second-order valence-corrected chi connectivity index (χ2v) is 4.06. The van der Waals surface area contributed by atoms with E-state index < -0.39 is 11.6 Å². The fraction of sp³-hybridized carbons (Fsp3) is 0.267. The van der Waals surface area contributed by atoms with Crippen LogP contribution in [0.1, 0.15) is 25.3 Å². The van der Waals surface area contributed by atoms with Gasteiger partial charge in [0.2, 0.25) is 5.78 Å². The molecule has 0 fully saturated rings. The van der Waals surface area contributed by atoms with E-state index in [1.165, 1.54) is 0 Å². The summed E-state index contributed by atoms with van der Waals surface area (Å²) in [6.07, 6.45) is 1.83. The summed E-state index contributed by atoms with van der Waals surface area (Å²) >= 11 is 0. The highest BCUT2D eigenvalue weighted by molar-refractivity contribution is 6.41. The van der Waals surface area contributed by atoms with E-state index in [9.17, 15) is 14.7 Å². The highest BCUT2D eigenvalue weighted by Gasteiger charge is 2.11. The predicted molar refractivity (Wildman–Crippen MR) is 73.1 cm³/mol. The number of allylic oxidation sites excluding steroid dienone is 1. The molecule has 0 bridgehead atoms. The molecule has 0 aliphatic carbocycles. The van der Waals surface area contributed by atoms with Gasteiger partial charge in [-0.15, -0.1) is 0 Å². The summed E-state index contributed by atoms with van der Waals surface area (Å²) in [7, 11) is 0. The Morgan fingerprint density at radius 1 is 1.40 bits per heavy atom. The maximum atomic E-state index is 11.3. The summed E-state index contributed by atoms with van der Waals surface area (Å²) in [5.74, 6) is -1.35.